The molecule has 3 aromatic carbocycles. The van der Waals surface area contributed by atoms with E-state index in [4.69, 9.17) is 0 Å². The fraction of sp³-hybridized carbons (Fsp3) is 0.120. The number of non-ortho nitro benzene ring substituents is 1. The molecule has 0 saturated carbocycles. The van der Waals surface area contributed by atoms with Crippen LogP contribution in [0.2, 0.25) is 0 Å². The van der Waals surface area contributed by atoms with Gasteiger partial charge in [0.1, 0.15) is 6.54 Å². The predicted molar refractivity (Wildman–Crippen MR) is 126 cm³/mol. The maximum Gasteiger partial charge on any atom is 0.269 e. The van der Waals surface area contributed by atoms with Gasteiger partial charge in [-0.05, 0) is 43.2 Å². The Balaban J connectivity index is 1.82. The second kappa shape index (κ2) is 9.11. The number of thiazole rings is 1. The van der Waals surface area contributed by atoms with Crippen molar-refractivity contribution in [2.24, 2.45) is 4.99 Å². The van der Waals surface area contributed by atoms with Crippen LogP contribution in [0.4, 0.5) is 5.69 Å². The van der Waals surface area contributed by atoms with E-state index in [2.05, 4.69) is 11.1 Å². The van der Waals surface area contributed by atoms with Gasteiger partial charge in [-0.25, -0.2) is 0 Å². The molecule has 32 heavy (non-hydrogen) atoms. The van der Waals surface area contributed by atoms with Crippen molar-refractivity contribution in [3.8, 4) is 16.9 Å². The third kappa shape index (κ3) is 4.43. The topological polar surface area (TPSA) is 77.5 Å². The van der Waals surface area contributed by atoms with Crippen LogP contribution in [0.3, 0.4) is 0 Å². The van der Waals surface area contributed by atoms with E-state index >= 15 is 0 Å². The molecule has 7 heteroatoms. The molecule has 0 aliphatic heterocycles. The number of carbonyl (C=O) groups excluding carboxylic acids is 1. The summed E-state index contributed by atoms with van der Waals surface area (Å²) >= 11 is 1.44. The molecule has 4 aromatic rings. The molecule has 0 spiro atoms. The van der Waals surface area contributed by atoms with Gasteiger partial charge in [0.25, 0.3) is 5.69 Å². The lowest BCUT2D eigenvalue weighted by molar-refractivity contribution is -0.384. The van der Waals surface area contributed by atoms with Crippen molar-refractivity contribution in [2.75, 3.05) is 6.54 Å². The van der Waals surface area contributed by atoms with E-state index in [1.54, 1.807) is 24.3 Å². The minimum absolute atomic E-state index is 0.0368. The number of Topliss-reactive ketones (excluding diaryl/α,β-unsaturated/α-hetero) is 1. The number of nitrogens with zero attached hydrogens (tertiary/aromatic N) is 3. The van der Waals surface area contributed by atoms with Crippen molar-refractivity contribution < 1.29 is 9.72 Å². The number of ketones is 1. The molecule has 0 amide bonds. The number of aryl methyl sites for hydroxylation is 2. The molecule has 1 heterocycles. The lowest BCUT2D eigenvalue weighted by atomic mass is 10.1. The summed E-state index contributed by atoms with van der Waals surface area (Å²) in [5.41, 5.74) is 5.54. The second-order valence-electron chi connectivity index (χ2n) is 7.44. The van der Waals surface area contributed by atoms with Gasteiger partial charge in [-0.3, -0.25) is 24.5 Å². The summed E-state index contributed by atoms with van der Waals surface area (Å²) in [5, 5.41) is 13.0. The molecule has 0 saturated heterocycles. The summed E-state index contributed by atoms with van der Waals surface area (Å²) in [5.74, 6) is -0.0527. The molecule has 0 N–H and O–H groups in total. The standard InChI is InChI=1S/C25H21N3O3S/c1-17-8-13-22(18(2)14-17)27-23(19-9-11-21(12-10-19)28(30)31)16-32-25(27)26-15-24(29)20-6-4-3-5-7-20/h3-14,16H,15H2,1-2H3. The minimum Gasteiger partial charge on any atom is -0.292 e. The molecular formula is C25H21N3O3S. The van der Waals surface area contributed by atoms with Gasteiger partial charge in [-0.2, -0.15) is 0 Å². The number of rotatable bonds is 6. The quantitative estimate of drug-likeness (QED) is 0.224. The van der Waals surface area contributed by atoms with Crippen LogP contribution in [-0.2, 0) is 0 Å². The van der Waals surface area contributed by atoms with E-state index in [-0.39, 0.29) is 18.0 Å². The molecule has 0 aliphatic carbocycles. The second-order valence-corrected chi connectivity index (χ2v) is 8.27. The number of aromatic nitrogens is 1. The van der Waals surface area contributed by atoms with Crippen molar-refractivity contribution >= 4 is 22.8 Å². The lowest BCUT2D eigenvalue weighted by Gasteiger charge is -2.13. The van der Waals surface area contributed by atoms with Crippen LogP contribution in [0.1, 0.15) is 21.5 Å². The fourth-order valence-corrected chi connectivity index (χ4v) is 4.42. The molecule has 0 aliphatic rings. The van der Waals surface area contributed by atoms with Crippen LogP contribution < -0.4 is 4.80 Å². The van der Waals surface area contributed by atoms with Gasteiger partial charge in [-0.1, -0.05) is 48.0 Å². The zero-order valence-corrected chi connectivity index (χ0v) is 18.5. The zero-order chi connectivity index (χ0) is 22.7. The number of hydrogen-bond donors (Lipinski definition) is 0. The van der Waals surface area contributed by atoms with Crippen LogP contribution in [-0.4, -0.2) is 21.8 Å². The molecule has 160 valence electrons. The van der Waals surface area contributed by atoms with E-state index in [9.17, 15) is 14.9 Å². The first-order valence-electron chi connectivity index (χ1n) is 10.1. The van der Waals surface area contributed by atoms with Crippen LogP contribution in [0.25, 0.3) is 16.9 Å². The van der Waals surface area contributed by atoms with Gasteiger partial charge in [0, 0.05) is 23.1 Å². The molecule has 6 nitrogen and oxygen atoms in total. The Morgan fingerprint density at radius 3 is 2.41 bits per heavy atom. The van der Waals surface area contributed by atoms with Crippen molar-refractivity contribution in [3.63, 3.8) is 0 Å². The van der Waals surface area contributed by atoms with Crippen LogP contribution >= 0.6 is 11.3 Å². The summed E-state index contributed by atoms with van der Waals surface area (Å²) < 4.78 is 2.01. The highest BCUT2D eigenvalue weighted by Gasteiger charge is 2.14. The molecular weight excluding hydrogens is 422 g/mol. The minimum atomic E-state index is -0.411. The average Bonchev–Trinajstić information content (AvgIpc) is 3.21. The van der Waals surface area contributed by atoms with Crippen molar-refractivity contribution in [1.82, 2.24) is 4.57 Å². The summed E-state index contributed by atoms with van der Waals surface area (Å²) in [6.07, 6.45) is 0. The first-order valence-corrected chi connectivity index (χ1v) is 10.9. The third-order valence-corrected chi connectivity index (χ3v) is 5.99. The Bertz CT molecular complexity index is 1350. The molecule has 1 aromatic heterocycles. The Hall–Kier alpha value is -3.84. The van der Waals surface area contributed by atoms with Crippen LogP contribution in [0.15, 0.2) is 83.2 Å². The number of benzene rings is 3. The van der Waals surface area contributed by atoms with Gasteiger partial charge in [-0.15, -0.1) is 11.3 Å². The lowest BCUT2D eigenvalue weighted by Crippen LogP contribution is -2.17. The predicted octanol–water partition coefficient (Wildman–Crippen LogP) is 5.51. The summed E-state index contributed by atoms with van der Waals surface area (Å²) in [6, 6.07) is 21.7. The molecule has 0 unspecified atom stereocenters. The third-order valence-electron chi connectivity index (χ3n) is 5.13. The summed E-state index contributed by atoms with van der Waals surface area (Å²) in [4.78, 5) is 28.5. The van der Waals surface area contributed by atoms with E-state index in [0.717, 1.165) is 28.1 Å². The zero-order valence-electron chi connectivity index (χ0n) is 17.7. The average molecular weight is 444 g/mol. The number of nitro benzene ring substituents is 1. The van der Waals surface area contributed by atoms with E-state index in [1.165, 1.54) is 23.5 Å². The van der Waals surface area contributed by atoms with Crippen molar-refractivity contribution in [2.45, 2.75) is 13.8 Å². The molecule has 0 bridgehead atoms. The monoisotopic (exact) mass is 443 g/mol. The van der Waals surface area contributed by atoms with Crippen molar-refractivity contribution in [1.29, 1.82) is 0 Å². The molecule has 0 atom stereocenters. The van der Waals surface area contributed by atoms with Crippen LogP contribution in [0, 0.1) is 24.0 Å². The van der Waals surface area contributed by atoms with Gasteiger partial charge in [0.05, 0.1) is 16.3 Å². The van der Waals surface area contributed by atoms with E-state index < -0.39 is 4.92 Å². The Morgan fingerprint density at radius 1 is 1.03 bits per heavy atom. The number of hydrogen-bond acceptors (Lipinski definition) is 5. The summed E-state index contributed by atoms with van der Waals surface area (Å²) in [6.45, 7) is 4.11. The highest BCUT2D eigenvalue weighted by Crippen LogP contribution is 2.27. The van der Waals surface area contributed by atoms with Crippen LogP contribution in [0.5, 0.6) is 0 Å². The van der Waals surface area contributed by atoms with Crippen molar-refractivity contribution in [3.05, 3.63) is 110 Å². The van der Waals surface area contributed by atoms with E-state index in [0.29, 0.717) is 10.4 Å². The van der Waals surface area contributed by atoms with Gasteiger partial charge in [0.15, 0.2) is 10.6 Å². The first kappa shape index (κ1) is 21.4. The molecule has 0 fully saturated rings. The van der Waals surface area contributed by atoms with E-state index in [1.807, 2.05) is 54.1 Å². The molecule has 4 rings (SSSR count). The molecule has 0 radical (unpaired) electrons. The smallest absolute Gasteiger partial charge is 0.269 e. The highest BCUT2D eigenvalue weighted by atomic mass is 32.1. The van der Waals surface area contributed by atoms with Gasteiger partial charge in [0.2, 0.25) is 0 Å². The Kier molecular flexibility index (Phi) is 6.09. The maximum atomic E-state index is 12.6. The fourth-order valence-electron chi connectivity index (χ4n) is 3.52. The SMILES string of the molecule is Cc1ccc(-n2c(-c3ccc([N+](=O)[O-])cc3)csc2=NCC(=O)c2ccccc2)c(C)c1. The Morgan fingerprint density at radius 2 is 1.75 bits per heavy atom. The highest BCUT2D eigenvalue weighted by molar-refractivity contribution is 7.07. The first-order chi connectivity index (χ1) is 15.4. The summed E-state index contributed by atoms with van der Waals surface area (Å²) in [7, 11) is 0. The largest absolute Gasteiger partial charge is 0.292 e. The normalized spacial score (nSPS) is 11.5. The van der Waals surface area contributed by atoms with Gasteiger partial charge >= 0.3 is 0 Å². The maximum absolute atomic E-state index is 12.6. The van der Waals surface area contributed by atoms with Gasteiger partial charge < -0.3 is 0 Å². The Labute approximate surface area is 189 Å². The number of nitro groups is 1. The number of carbonyl (C=O) groups is 1.